The molecule has 4 heteroatoms. The molecule has 0 spiro atoms. The van der Waals surface area contributed by atoms with E-state index in [4.69, 9.17) is 14.0 Å². The molecule has 1 aromatic rings. The largest absolute Gasteiger partial charge is 2.00 e. The minimum Gasteiger partial charge on any atom is -0.999 e. The Bertz CT molecular complexity index is 142. The van der Waals surface area contributed by atoms with Crippen LogP contribution in [0, 0.1) is 44.2 Å². The zero-order chi connectivity index (χ0) is 9.54. The second-order valence-corrected chi connectivity index (χ2v) is 0.683. The molecule has 0 saturated heterocycles. The Labute approximate surface area is 85.6 Å². The molecule has 12 heavy (non-hydrogen) atoms. The van der Waals surface area contributed by atoms with Gasteiger partial charge in [-0.25, -0.2) is 0 Å². The van der Waals surface area contributed by atoms with Crippen LogP contribution in [0.3, 0.4) is 0 Å². The zero-order valence-corrected chi connectivity index (χ0v) is 7.72. The van der Waals surface area contributed by atoms with Crippen LogP contribution in [0.15, 0.2) is 6.07 Å². The van der Waals surface area contributed by atoms with Gasteiger partial charge in [0.2, 0.25) is 0 Å². The molecular formula is C8HMoO3-3. The summed E-state index contributed by atoms with van der Waals surface area (Å²) in [5, 5.41) is 0. The number of hydrogen-bond donors (Lipinski definition) is 0. The normalized spacial score (nSPS) is 3.83. The van der Waals surface area contributed by atoms with Gasteiger partial charge in [-0.15, -0.1) is 0 Å². The predicted octanol–water partition coefficient (Wildman–Crippen LogP) is 0.491. The maximum atomic E-state index is 7.50. The molecule has 0 unspecified atom stereocenters. The first-order chi connectivity index (χ1) is 5.50. The van der Waals surface area contributed by atoms with Gasteiger partial charge in [0.15, 0.2) is 0 Å². The molecule has 0 N–H and O–H groups in total. The SMILES string of the molecule is [C-]#[O+].[C-]#[O+].[C-]#[O+].[Mo+2].[c-]1[c-][c-][cH-][c-]1. The van der Waals surface area contributed by atoms with Crippen molar-refractivity contribution in [1.29, 1.82) is 0 Å². The van der Waals surface area contributed by atoms with Crippen LogP contribution in [-0.2, 0) is 35.0 Å². The van der Waals surface area contributed by atoms with Crippen LogP contribution in [0.4, 0.5) is 0 Å². The summed E-state index contributed by atoms with van der Waals surface area (Å²) in [5.41, 5.74) is 0. The summed E-state index contributed by atoms with van der Waals surface area (Å²) in [6.45, 7) is 13.5. The van der Waals surface area contributed by atoms with Gasteiger partial charge in [0.1, 0.15) is 0 Å². The number of hydrogen-bond acceptors (Lipinski definition) is 0. The summed E-state index contributed by atoms with van der Waals surface area (Å²) in [6.07, 6.45) is 0. The van der Waals surface area contributed by atoms with Crippen LogP contribution < -0.4 is 0 Å². The van der Waals surface area contributed by atoms with Crippen molar-refractivity contribution in [3.8, 4) is 0 Å². The molecular weight excluding hydrogens is 240 g/mol. The molecule has 0 fully saturated rings. The summed E-state index contributed by atoms with van der Waals surface area (Å²) in [6, 6.07) is 12.0. The Kier molecular flexibility index (Phi) is 90.9. The Morgan fingerprint density at radius 3 is 1.08 bits per heavy atom. The van der Waals surface area contributed by atoms with Gasteiger partial charge in [0.25, 0.3) is 0 Å². The monoisotopic (exact) mass is 243 g/mol. The van der Waals surface area contributed by atoms with Crippen LogP contribution >= 0.6 is 0 Å². The fraction of sp³-hybridized carbons (Fsp3) is 0. The third kappa shape index (κ3) is 34.8. The first-order valence-corrected chi connectivity index (χ1v) is 1.94. The van der Waals surface area contributed by atoms with E-state index in [-0.39, 0.29) is 21.1 Å². The fourth-order valence-corrected chi connectivity index (χ4v) is 0.180. The van der Waals surface area contributed by atoms with Crippen molar-refractivity contribution in [2.45, 2.75) is 0 Å². The van der Waals surface area contributed by atoms with Crippen molar-refractivity contribution in [3.05, 3.63) is 50.3 Å². The third-order valence-electron chi connectivity index (χ3n) is 0.351. The summed E-state index contributed by atoms with van der Waals surface area (Å²) < 4.78 is 22.5. The van der Waals surface area contributed by atoms with E-state index in [1.807, 2.05) is 0 Å². The van der Waals surface area contributed by atoms with E-state index in [2.05, 4.69) is 44.2 Å². The second kappa shape index (κ2) is 48.5. The summed E-state index contributed by atoms with van der Waals surface area (Å²) in [4.78, 5) is 0. The van der Waals surface area contributed by atoms with Gasteiger partial charge in [0.05, 0.1) is 0 Å². The minimum atomic E-state index is 0. The van der Waals surface area contributed by atoms with Crippen molar-refractivity contribution in [2.24, 2.45) is 0 Å². The first kappa shape index (κ1) is 22.5. The van der Waals surface area contributed by atoms with Gasteiger partial charge < -0.3 is 30.3 Å². The minimum absolute atomic E-state index is 0. The van der Waals surface area contributed by atoms with Gasteiger partial charge in [-0.3, -0.25) is 0 Å². The predicted molar refractivity (Wildman–Crippen MR) is 29.2 cm³/mol. The van der Waals surface area contributed by atoms with E-state index in [0.29, 0.717) is 0 Å². The molecule has 0 radical (unpaired) electrons. The van der Waals surface area contributed by atoms with Crippen molar-refractivity contribution in [3.63, 3.8) is 0 Å². The quantitative estimate of drug-likeness (QED) is 0.360. The molecule has 0 heterocycles. The van der Waals surface area contributed by atoms with Crippen molar-refractivity contribution in [2.75, 3.05) is 0 Å². The van der Waals surface area contributed by atoms with E-state index < -0.39 is 0 Å². The van der Waals surface area contributed by atoms with E-state index in [9.17, 15) is 0 Å². The maximum absolute atomic E-state index is 7.50. The van der Waals surface area contributed by atoms with Gasteiger partial charge >= 0.3 is 55.0 Å². The van der Waals surface area contributed by atoms with Gasteiger partial charge in [0, 0.05) is 0 Å². The second-order valence-electron chi connectivity index (χ2n) is 0.683. The molecule has 3 nitrogen and oxygen atoms in total. The molecule has 0 amide bonds. The van der Waals surface area contributed by atoms with E-state index in [0.717, 1.165) is 0 Å². The molecule has 0 aliphatic rings. The van der Waals surface area contributed by atoms with Gasteiger partial charge in [-0.2, -0.15) is 0 Å². The van der Waals surface area contributed by atoms with Crippen LogP contribution in [0.1, 0.15) is 0 Å². The average molecular weight is 241 g/mol. The van der Waals surface area contributed by atoms with Crippen LogP contribution in [-0.4, -0.2) is 0 Å². The van der Waals surface area contributed by atoms with Crippen molar-refractivity contribution in [1.82, 2.24) is 0 Å². The molecule has 0 aromatic heterocycles. The standard InChI is InChI=1S/C5H.3CO.Mo/c1-2-4-5-3-1;3*1-2;/h1H;;;;/q-5;;;;+2. The Hall–Kier alpha value is -0.742. The van der Waals surface area contributed by atoms with Crippen LogP contribution in [0.2, 0.25) is 0 Å². The summed E-state index contributed by atoms with van der Waals surface area (Å²) in [5.74, 6) is 0. The topological polar surface area (TPSA) is 59.7 Å². The van der Waals surface area contributed by atoms with Gasteiger partial charge in [-0.1, -0.05) is 0 Å². The Morgan fingerprint density at radius 2 is 1.00 bits per heavy atom. The van der Waals surface area contributed by atoms with Gasteiger partial charge in [-0.05, 0) is 0 Å². The maximum Gasteiger partial charge on any atom is 2.00 e. The smallest absolute Gasteiger partial charge is 0.999 e. The average Bonchev–Trinajstić information content (AvgIpc) is 2.71. The summed E-state index contributed by atoms with van der Waals surface area (Å²) >= 11 is 0. The zero-order valence-electron chi connectivity index (χ0n) is 5.71. The van der Waals surface area contributed by atoms with Crippen LogP contribution in [0.25, 0.3) is 0 Å². The third-order valence-corrected chi connectivity index (χ3v) is 0.351. The van der Waals surface area contributed by atoms with E-state index in [1.165, 1.54) is 0 Å². The molecule has 1 rings (SSSR count). The molecule has 0 aliphatic heterocycles. The molecule has 0 aliphatic carbocycles. The van der Waals surface area contributed by atoms with Crippen molar-refractivity contribution >= 4 is 0 Å². The van der Waals surface area contributed by atoms with Crippen molar-refractivity contribution < 1.29 is 35.0 Å². The molecule has 60 valence electrons. The Morgan fingerprint density at radius 1 is 0.750 bits per heavy atom. The summed E-state index contributed by atoms with van der Waals surface area (Å²) in [7, 11) is 0. The fourth-order valence-electron chi connectivity index (χ4n) is 0.180. The molecule has 0 bridgehead atoms. The van der Waals surface area contributed by atoms with E-state index in [1.54, 1.807) is 6.07 Å². The molecule has 0 atom stereocenters. The molecule has 0 saturated carbocycles. The van der Waals surface area contributed by atoms with Crippen LogP contribution in [0.5, 0.6) is 0 Å². The first-order valence-electron chi connectivity index (χ1n) is 1.94. The van der Waals surface area contributed by atoms with E-state index >= 15 is 0 Å². The Balaban J connectivity index is -0.0000000406. The molecule has 1 aromatic carbocycles. The number of rotatable bonds is 0.